The number of carbonyl (C=O) groups is 1. The molecule has 0 aliphatic carbocycles. The molecule has 15 heavy (non-hydrogen) atoms. The average Bonchev–Trinajstić information content (AvgIpc) is 2.22. The van der Waals surface area contributed by atoms with Gasteiger partial charge in [-0.15, -0.1) is 0 Å². The number of nitrogens with two attached hydrogens (primary N) is 1. The summed E-state index contributed by atoms with van der Waals surface area (Å²) in [6.45, 7) is 2.49. The topological polar surface area (TPSA) is 61.5 Å². The third kappa shape index (κ3) is 2.70. The molecule has 0 aromatic heterocycles. The fraction of sp³-hybridized carbons (Fsp3) is 0.364. The van der Waals surface area contributed by atoms with E-state index in [0.29, 0.717) is 24.5 Å². The van der Waals surface area contributed by atoms with E-state index in [-0.39, 0.29) is 0 Å². The van der Waals surface area contributed by atoms with Crippen molar-refractivity contribution in [1.82, 2.24) is 0 Å². The van der Waals surface area contributed by atoms with Gasteiger partial charge in [0.1, 0.15) is 0 Å². The molecule has 0 aliphatic rings. The van der Waals surface area contributed by atoms with Gasteiger partial charge in [-0.2, -0.15) is 0 Å². The average molecular weight is 209 g/mol. The van der Waals surface area contributed by atoms with Gasteiger partial charge in [-0.1, -0.05) is 12.1 Å². The Hall–Kier alpha value is -1.55. The molecule has 4 nitrogen and oxygen atoms in total. The van der Waals surface area contributed by atoms with E-state index in [2.05, 4.69) is 0 Å². The predicted octanol–water partition coefficient (Wildman–Crippen LogP) is 1.59. The van der Waals surface area contributed by atoms with Gasteiger partial charge in [0, 0.05) is 12.7 Å². The lowest BCUT2D eigenvalue weighted by Gasteiger charge is -2.09. The molecule has 0 amide bonds. The van der Waals surface area contributed by atoms with Crippen molar-refractivity contribution in [3.63, 3.8) is 0 Å². The maximum absolute atomic E-state index is 11.5. The Morgan fingerprint density at radius 3 is 2.80 bits per heavy atom. The molecule has 0 radical (unpaired) electrons. The zero-order chi connectivity index (χ0) is 11.3. The summed E-state index contributed by atoms with van der Waals surface area (Å²) in [4.78, 5) is 11.5. The second kappa shape index (κ2) is 5.36. The molecule has 2 N–H and O–H groups in total. The molecular formula is C11H15NO3. The second-order valence-electron chi connectivity index (χ2n) is 3.03. The lowest BCUT2D eigenvalue weighted by molar-refractivity contribution is 0.0527. The van der Waals surface area contributed by atoms with Gasteiger partial charge in [-0.3, -0.25) is 0 Å². The van der Waals surface area contributed by atoms with Crippen LogP contribution < -0.4 is 5.73 Å². The molecule has 4 heteroatoms. The second-order valence-corrected chi connectivity index (χ2v) is 3.03. The number of nitrogen functional groups attached to an aromatic ring is 1. The minimum atomic E-state index is -0.395. The Labute approximate surface area is 89.0 Å². The summed E-state index contributed by atoms with van der Waals surface area (Å²) in [6.07, 6.45) is 0. The summed E-state index contributed by atoms with van der Waals surface area (Å²) in [5.41, 5.74) is 7.44. The maximum atomic E-state index is 11.5. The number of para-hydroxylation sites is 1. The number of hydrogen-bond acceptors (Lipinski definition) is 4. The van der Waals surface area contributed by atoms with E-state index in [1.165, 1.54) is 0 Å². The molecule has 0 atom stereocenters. The van der Waals surface area contributed by atoms with Crippen molar-refractivity contribution in [2.75, 3.05) is 19.5 Å². The highest BCUT2D eigenvalue weighted by atomic mass is 16.5. The van der Waals surface area contributed by atoms with Crippen LogP contribution in [0, 0.1) is 0 Å². The van der Waals surface area contributed by atoms with Crippen molar-refractivity contribution in [1.29, 1.82) is 0 Å². The van der Waals surface area contributed by atoms with Crippen LogP contribution in [0.4, 0.5) is 5.69 Å². The Bertz CT molecular complexity index is 350. The van der Waals surface area contributed by atoms with Crippen LogP contribution in [0.15, 0.2) is 18.2 Å². The highest BCUT2D eigenvalue weighted by Crippen LogP contribution is 2.19. The standard InChI is InChI=1S/C11H15NO3/c1-3-15-11(13)9-6-4-5-8(7-14-2)10(9)12/h4-6H,3,7,12H2,1-2H3. The summed E-state index contributed by atoms with van der Waals surface area (Å²) in [6, 6.07) is 5.23. The Morgan fingerprint density at radius 2 is 2.20 bits per heavy atom. The lowest BCUT2D eigenvalue weighted by atomic mass is 10.1. The van der Waals surface area contributed by atoms with Gasteiger partial charge in [0.05, 0.1) is 24.5 Å². The number of ether oxygens (including phenoxy) is 2. The number of carbonyl (C=O) groups excluding carboxylic acids is 1. The lowest BCUT2D eigenvalue weighted by Crippen LogP contribution is -2.10. The van der Waals surface area contributed by atoms with Crippen LogP contribution in [0.3, 0.4) is 0 Å². The molecular weight excluding hydrogens is 194 g/mol. The number of methoxy groups -OCH3 is 1. The van der Waals surface area contributed by atoms with Gasteiger partial charge in [0.25, 0.3) is 0 Å². The number of benzene rings is 1. The molecule has 0 fully saturated rings. The molecule has 82 valence electrons. The largest absolute Gasteiger partial charge is 0.462 e. The van der Waals surface area contributed by atoms with Crippen LogP contribution >= 0.6 is 0 Å². The molecule has 0 spiro atoms. The van der Waals surface area contributed by atoms with Crippen LogP contribution in [0.2, 0.25) is 0 Å². The first-order chi connectivity index (χ1) is 7.20. The number of esters is 1. The summed E-state index contributed by atoms with van der Waals surface area (Å²) < 4.78 is 9.85. The molecule has 0 bridgehead atoms. The minimum Gasteiger partial charge on any atom is -0.462 e. The monoisotopic (exact) mass is 209 g/mol. The molecule has 0 aliphatic heterocycles. The molecule has 1 aromatic carbocycles. The molecule has 1 aromatic rings. The van der Waals surface area contributed by atoms with E-state index < -0.39 is 5.97 Å². The van der Waals surface area contributed by atoms with Gasteiger partial charge >= 0.3 is 5.97 Å². The molecule has 0 saturated heterocycles. The predicted molar refractivity (Wildman–Crippen MR) is 57.5 cm³/mol. The van der Waals surface area contributed by atoms with Crippen molar-refractivity contribution in [3.05, 3.63) is 29.3 Å². The van der Waals surface area contributed by atoms with Crippen molar-refractivity contribution in [3.8, 4) is 0 Å². The SMILES string of the molecule is CCOC(=O)c1cccc(COC)c1N. The number of rotatable bonds is 4. The van der Waals surface area contributed by atoms with Gasteiger partial charge < -0.3 is 15.2 Å². The molecule has 0 saturated carbocycles. The van der Waals surface area contributed by atoms with Gasteiger partial charge in [0.2, 0.25) is 0 Å². The number of anilines is 1. The first-order valence-electron chi connectivity index (χ1n) is 4.74. The van der Waals surface area contributed by atoms with Crippen molar-refractivity contribution in [2.24, 2.45) is 0 Å². The zero-order valence-electron chi connectivity index (χ0n) is 8.95. The summed E-state index contributed by atoms with van der Waals surface area (Å²) in [5, 5.41) is 0. The van der Waals surface area contributed by atoms with E-state index in [1.807, 2.05) is 6.07 Å². The summed E-state index contributed by atoms with van der Waals surface area (Å²) >= 11 is 0. The van der Waals surface area contributed by atoms with E-state index >= 15 is 0 Å². The fourth-order valence-electron chi connectivity index (χ4n) is 1.28. The van der Waals surface area contributed by atoms with Crippen LogP contribution in [-0.2, 0) is 16.1 Å². The third-order valence-corrected chi connectivity index (χ3v) is 1.99. The van der Waals surface area contributed by atoms with E-state index in [0.717, 1.165) is 5.56 Å². The Balaban J connectivity index is 2.98. The normalized spacial score (nSPS) is 10.0. The third-order valence-electron chi connectivity index (χ3n) is 1.99. The van der Waals surface area contributed by atoms with Crippen LogP contribution in [0.1, 0.15) is 22.8 Å². The Morgan fingerprint density at radius 1 is 1.47 bits per heavy atom. The van der Waals surface area contributed by atoms with Crippen molar-refractivity contribution >= 4 is 11.7 Å². The molecule has 0 unspecified atom stereocenters. The van der Waals surface area contributed by atoms with Crippen LogP contribution in [0.25, 0.3) is 0 Å². The van der Waals surface area contributed by atoms with Crippen LogP contribution in [0.5, 0.6) is 0 Å². The smallest absolute Gasteiger partial charge is 0.340 e. The first-order valence-corrected chi connectivity index (χ1v) is 4.74. The zero-order valence-corrected chi connectivity index (χ0v) is 8.95. The highest BCUT2D eigenvalue weighted by molar-refractivity contribution is 5.95. The Kier molecular flexibility index (Phi) is 4.12. The molecule has 0 heterocycles. The fourth-order valence-corrected chi connectivity index (χ4v) is 1.28. The van der Waals surface area contributed by atoms with E-state index in [1.54, 1.807) is 26.2 Å². The summed E-state index contributed by atoms with van der Waals surface area (Å²) in [7, 11) is 1.58. The molecule has 1 rings (SSSR count). The van der Waals surface area contributed by atoms with Gasteiger partial charge in [-0.05, 0) is 13.0 Å². The van der Waals surface area contributed by atoms with E-state index in [4.69, 9.17) is 15.2 Å². The highest BCUT2D eigenvalue weighted by Gasteiger charge is 2.12. The quantitative estimate of drug-likeness (QED) is 0.604. The minimum absolute atomic E-state index is 0.340. The van der Waals surface area contributed by atoms with Crippen molar-refractivity contribution < 1.29 is 14.3 Å². The summed E-state index contributed by atoms with van der Waals surface area (Å²) in [5.74, 6) is -0.395. The maximum Gasteiger partial charge on any atom is 0.340 e. The van der Waals surface area contributed by atoms with Gasteiger partial charge in [0.15, 0.2) is 0 Å². The van der Waals surface area contributed by atoms with E-state index in [9.17, 15) is 4.79 Å². The number of hydrogen-bond donors (Lipinski definition) is 1. The van der Waals surface area contributed by atoms with Crippen molar-refractivity contribution in [2.45, 2.75) is 13.5 Å². The first kappa shape index (κ1) is 11.5. The van der Waals surface area contributed by atoms with Crippen LogP contribution in [-0.4, -0.2) is 19.7 Å². The van der Waals surface area contributed by atoms with Gasteiger partial charge in [-0.25, -0.2) is 4.79 Å².